The maximum absolute atomic E-state index is 12.5. The van der Waals surface area contributed by atoms with Crippen molar-refractivity contribution in [3.05, 3.63) is 64.7 Å². The Hall–Kier alpha value is -1.89. The lowest BCUT2D eigenvalue weighted by Crippen LogP contribution is -2.30. The number of nitrogens with one attached hydrogen (secondary N) is 2. The molecule has 0 saturated heterocycles. The molecular weight excluding hydrogens is 348 g/mol. The van der Waals surface area contributed by atoms with Crippen LogP contribution < -0.4 is 10.0 Å². The van der Waals surface area contributed by atoms with Gasteiger partial charge in [-0.25, -0.2) is 13.1 Å². The van der Waals surface area contributed by atoms with Crippen LogP contribution in [0.15, 0.2) is 53.4 Å². The van der Waals surface area contributed by atoms with E-state index in [0.29, 0.717) is 0 Å². The summed E-state index contributed by atoms with van der Waals surface area (Å²) in [5, 5.41) is 2.78. The van der Waals surface area contributed by atoms with E-state index in [0.717, 1.165) is 5.56 Å². The lowest BCUT2D eigenvalue weighted by atomic mass is 10.2. The minimum Gasteiger partial charge on any atom is -0.350 e. The van der Waals surface area contributed by atoms with Crippen molar-refractivity contribution >= 4 is 27.5 Å². The van der Waals surface area contributed by atoms with E-state index in [2.05, 4.69) is 10.0 Å². The molecule has 0 saturated carbocycles. The van der Waals surface area contributed by atoms with E-state index in [9.17, 15) is 13.2 Å². The van der Waals surface area contributed by atoms with E-state index in [1.54, 1.807) is 0 Å². The number of sulfonamides is 1. The topological polar surface area (TPSA) is 75.3 Å². The second-order valence-electron chi connectivity index (χ2n) is 5.58. The smallest absolute Gasteiger partial charge is 0.251 e. The summed E-state index contributed by atoms with van der Waals surface area (Å²) in [5.74, 6) is -0.346. The first-order valence-electron chi connectivity index (χ1n) is 7.43. The monoisotopic (exact) mass is 366 g/mol. The fourth-order valence-corrected chi connectivity index (χ4v) is 3.59. The second-order valence-corrected chi connectivity index (χ2v) is 7.73. The van der Waals surface area contributed by atoms with Crippen molar-refractivity contribution in [1.29, 1.82) is 0 Å². The second kappa shape index (κ2) is 7.79. The summed E-state index contributed by atoms with van der Waals surface area (Å²) in [6.07, 6.45) is 0. The summed E-state index contributed by atoms with van der Waals surface area (Å²) in [4.78, 5) is 11.9. The van der Waals surface area contributed by atoms with Gasteiger partial charge in [0.2, 0.25) is 10.0 Å². The molecule has 1 amide bonds. The zero-order valence-electron chi connectivity index (χ0n) is 13.4. The number of hydrogen-bond acceptors (Lipinski definition) is 3. The van der Waals surface area contributed by atoms with Crippen LogP contribution in [-0.4, -0.2) is 20.4 Å². The SMILES string of the molecule is CC(C)NC(=O)c1ccc(Cl)c(S(=O)(=O)NCc2ccccc2)c1. The Balaban J connectivity index is 2.24. The maximum atomic E-state index is 12.5. The number of carbonyl (C=O) groups excluding carboxylic acids is 1. The highest BCUT2D eigenvalue weighted by molar-refractivity contribution is 7.89. The van der Waals surface area contributed by atoms with Crippen LogP contribution in [0.25, 0.3) is 0 Å². The third-order valence-electron chi connectivity index (χ3n) is 3.21. The average molecular weight is 367 g/mol. The Morgan fingerprint density at radius 3 is 2.42 bits per heavy atom. The quantitative estimate of drug-likeness (QED) is 0.825. The summed E-state index contributed by atoms with van der Waals surface area (Å²) < 4.78 is 27.5. The van der Waals surface area contributed by atoms with E-state index < -0.39 is 10.0 Å². The molecule has 0 bridgehead atoms. The van der Waals surface area contributed by atoms with Crippen LogP contribution in [0.2, 0.25) is 5.02 Å². The zero-order valence-corrected chi connectivity index (χ0v) is 15.0. The lowest BCUT2D eigenvalue weighted by molar-refractivity contribution is 0.0943. The van der Waals surface area contributed by atoms with Crippen LogP contribution >= 0.6 is 11.6 Å². The van der Waals surface area contributed by atoms with Gasteiger partial charge in [0.25, 0.3) is 5.91 Å². The highest BCUT2D eigenvalue weighted by atomic mass is 35.5. The average Bonchev–Trinajstić information content (AvgIpc) is 2.53. The molecule has 0 aliphatic carbocycles. The molecule has 0 aliphatic heterocycles. The van der Waals surface area contributed by atoms with Gasteiger partial charge in [-0.1, -0.05) is 41.9 Å². The van der Waals surface area contributed by atoms with Crippen molar-refractivity contribution in [3.8, 4) is 0 Å². The fraction of sp³-hybridized carbons (Fsp3) is 0.235. The first kappa shape index (κ1) is 18.4. The number of rotatable bonds is 6. The summed E-state index contributed by atoms with van der Waals surface area (Å²) in [6, 6.07) is 13.3. The molecule has 0 aliphatic rings. The molecule has 0 radical (unpaired) electrons. The van der Waals surface area contributed by atoms with Crippen molar-refractivity contribution in [2.24, 2.45) is 0 Å². The summed E-state index contributed by atoms with van der Waals surface area (Å²) >= 11 is 6.02. The van der Waals surface area contributed by atoms with E-state index >= 15 is 0 Å². The number of carbonyl (C=O) groups is 1. The Morgan fingerprint density at radius 1 is 1.12 bits per heavy atom. The molecule has 24 heavy (non-hydrogen) atoms. The van der Waals surface area contributed by atoms with Crippen molar-refractivity contribution < 1.29 is 13.2 Å². The number of hydrogen-bond donors (Lipinski definition) is 2. The van der Waals surface area contributed by atoms with Gasteiger partial charge in [0.05, 0.1) is 5.02 Å². The minimum absolute atomic E-state index is 0.0514. The molecular formula is C17H19ClN2O3S. The molecule has 0 aromatic heterocycles. The molecule has 0 fully saturated rings. The van der Waals surface area contributed by atoms with Gasteiger partial charge in [-0.05, 0) is 37.6 Å². The number of amides is 1. The highest BCUT2D eigenvalue weighted by Gasteiger charge is 2.20. The molecule has 0 heterocycles. The van der Waals surface area contributed by atoms with E-state index in [1.165, 1.54) is 18.2 Å². The molecule has 128 valence electrons. The standard InChI is InChI=1S/C17H19ClN2O3S/c1-12(2)20-17(21)14-8-9-15(18)16(10-14)24(22,23)19-11-13-6-4-3-5-7-13/h3-10,12,19H,11H2,1-2H3,(H,20,21). The maximum Gasteiger partial charge on any atom is 0.251 e. The molecule has 2 N–H and O–H groups in total. The van der Waals surface area contributed by atoms with Gasteiger partial charge >= 0.3 is 0 Å². The van der Waals surface area contributed by atoms with E-state index in [-0.39, 0.29) is 34.0 Å². The van der Waals surface area contributed by atoms with Crippen molar-refractivity contribution in [1.82, 2.24) is 10.0 Å². The normalized spacial score (nSPS) is 11.5. The van der Waals surface area contributed by atoms with Crippen LogP contribution in [0.3, 0.4) is 0 Å². The molecule has 2 aromatic carbocycles. The predicted molar refractivity (Wildman–Crippen MR) is 94.5 cm³/mol. The third kappa shape index (κ3) is 4.80. The fourth-order valence-electron chi connectivity index (χ4n) is 2.05. The largest absolute Gasteiger partial charge is 0.350 e. The van der Waals surface area contributed by atoms with Crippen LogP contribution in [0.1, 0.15) is 29.8 Å². The Kier molecular flexibility index (Phi) is 5.99. The molecule has 0 unspecified atom stereocenters. The van der Waals surface area contributed by atoms with Gasteiger partial charge in [-0.15, -0.1) is 0 Å². The minimum atomic E-state index is -3.84. The Bertz CT molecular complexity index is 821. The predicted octanol–water partition coefficient (Wildman–Crippen LogP) is 2.96. The molecule has 2 aromatic rings. The Labute approximate surface area is 147 Å². The van der Waals surface area contributed by atoms with Gasteiger partial charge in [0.15, 0.2) is 0 Å². The molecule has 2 rings (SSSR count). The van der Waals surface area contributed by atoms with Crippen molar-refractivity contribution in [3.63, 3.8) is 0 Å². The van der Waals surface area contributed by atoms with Gasteiger partial charge in [-0.2, -0.15) is 0 Å². The van der Waals surface area contributed by atoms with Gasteiger partial charge in [0.1, 0.15) is 4.90 Å². The van der Waals surface area contributed by atoms with E-state index in [4.69, 9.17) is 11.6 Å². The number of halogens is 1. The summed E-state index contributed by atoms with van der Waals surface area (Å²) in [7, 11) is -3.84. The first-order valence-corrected chi connectivity index (χ1v) is 9.30. The van der Waals surface area contributed by atoms with Crippen molar-refractivity contribution in [2.45, 2.75) is 31.3 Å². The molecule has 5 nitrogen and oxygen atoms in total. The zero-order chi connectivity index (χ0) is 17.7. The molecule has 0 spiro atoms. The van der Waals surface area contributed by atoms with Crippen LogP contribution in [0.4, 0.5) is 0 Å². The van der Waals surface area contributed by atoms with Crippen LogP contribution in [-0.2, 0) is 16.6 Å². The highest BCUT2D eigenvalue weighted by Crippen LogP contribution is 2.23. The van der Waals surface area contributed by atoms with Crippen LogP contribution in [0.5, 0.6) is 0 Å². The van der Waals surface area contributed by atoms with Crippen molar-refractivity contribution in [2.75, 3.05) is 0 Å². The van der Waals surface area contributed by atoms with Gasteiger partial charge < -0.3 is 5.32 Å². The van der Waals surface area contributed by atoms with Gasteiger partial charge in [0, 0.05) is 18.2 Å². The summed E-state index contributed by atoms with van der Waals surface area (Å²) in [5.41, 5.74) is 1.07. The van der Waals surface area contributed by atoms with E-state index in [1.807, 2.05) is 44.2 Å². The first-order chi connectivity index (χ1) is 11.3. The molecule has 0 atom stereocenters. The van der Waals surface area contributed by atoms with Gasteiger partial charge in [-0.3, -0.25) is 4.79 Å². The molecule has 7 heteroatoms. The van der Waals surface area contributed by atoms with Crippen LogP contribution in [0, 0.1) is 0 Å². The lowest BCUT2D eigenvalue weighted by Gasteiger charge is -2.12. The summed E-state index contributed by atoms with van der Waals surface area (Å²) in [6.45, 7) is 3.79. The Morgan fingerprint density at radius 2 is 1.79 bits per heavy atom. The number of benzene rings is 2. The third-order valence-corrected chi connectivity index (χ3v) is 5.09.